The van der Waals surface area contributed by atoms with Crippen molar-refractivity contribution in [3.05, 3.63) is 0 Å². The number of ether oxygens (including phenoxy) is 1. The summed E-state index contributed by atoms with van der Waals surface area (Å²) in [6.07, 6.45) is 9.08. The molecule has 1 fully saturated rings. The maximum Gasteiger partial charge on any atom is 0.325 e. The van der Waals surface area contributed by atoms with E-state index in [1.807, 2.05) is 20.8 Å². The van der Waals surface area contributed by atoms with E-state index in [0.717, 1.165) is 25.7 Å². The summed E-state index contributed by atoms with van der Waals surface area (Å²) in [7, 11) is 1.53. The molecule has 1 rings (SSSR count). The standard InChI is InChI=1S/C38H70N8O8/c1-8-10-11-12-13-14-15-16-19-30-26(6)37(53)46(7)29(21-24(3)4)35(51)45-32(25(5)9-2)36(52)44-28(23-47)34(50)43-27(18-17-20-41-38(39)40)33(49)42-22-31(48)54-30/h24-30,32,47H,8-23H2,1-7H3,(H,42,49)(H,43,50)(H,44,52)(H,45,51)(H4,39,40,41)/t25-,26-,27+,28+,29+,30+,32+/m1/s1. The Bertz CT molecular complexity index is 1230. The number of cyclic esters (lactones) is 1. The molecule has 1 saturated heterocycles. The van der Waals surface area contributed by atoms with Crippen molar-refractivity contribution in [1.29, 1.82) is 0 Å². The summed E-state index contributed by atoms with van der Waals surface area (Å²) < 4.78 is 5.87. The van der Waals surface area contributed by atoms with Crippen LogP contribution in [0.25, 0.3) is 0 Å². The number of hydrogen-bond donors (Lipinski definition) is 7. The summed E-state index contributed by atoms with van der Waals surface area (Å²) >= 11 is 0. The van der Waals surface area contributed by atoms with Crippen LogP contribution in [0.3, 0.4) is 0 Å². The lowest BCUT2D eigenvalue weighted by Gasteiger charge is -2.34. The van der Waals surface area contributed by atoms with Crippen molar-refractivity contribution in [2.45, 2.75) is 155 Å². The van der Waals surface area contributed by atoms with Crippen LogP contribution in [0.5, 0.6) is 0 Å². The van der Waals surface area contributed by atoms with Crippen molar-refractivity contribution < 1.29 is 38.6 Å². The zero-order valence-electron chi connectivity index (χ0n) is 33.8. The van der Waals surface area contributed by atoms with E-state index >= 15 is 0 Å². The van der Waals surface area contributed by atoms with Gasteiger partial charge in [-0.25, -0.2) is 0 Å². The van der Waals surface area contributed by atoms with Crippen LogP contribution in [0.15, 0.2) is 4.99 Å². The molecule has 0 aromatic heterocycles. The van der Waals surface area contributed by atoms with Crippen molar-refractivity contribution in [1.82, 2.24) is 26.2 Å². The molecule has 1 heterocycles. The number of rotatable bonds is 18. The van der Waals surface area contributed by atoms with E-state index in [4.69, 9.17) is 16.2 Å². The molecular weight excluding hydrogens is 696 g/mol. The van der Waals surface area contributed by atoms with Crippen LogP contribution < -0.4 is 32.7 Å². The van der Waals surface area contributed by atoms with Crippen LogP contribution in [0.1, 0.15) is 125 Å². The van der Waals surface area contributed by atoms with E-state index < -0.39 is 90.8 Å². The first kappa shape index (κ1) is 48.1. The number of aliphatic imine (C=N–C) groups is 1. The lowest BCUT2D eigenvalue weighted by Crippen LogP contribution is -2.60. The molecule has 310 valence electrons. The number of hydrogen-bond acceptors (Lipinski definition) is 9. The first-order chi connectivity index (χ1) is 25.6. The summed E-state index contributed by atoms with van der Waals surface area (Å²) in [6, 6.07) is -4.75. The van der Waals surface area contributed by atoms with Crippen LogP contribution in [-0.2, 0) is 33.5 Å². The number of nitrogens with zero attached hydrogens (tertiary/aromatic N) is 2. The van der Waals surface area contributed by atoms with E-state index in [2.05, 4.69) is 33.2 Å². The van der Waals surface area contributed by atoms with E-state index in [1.165, 1.54) is 31.2 Å². The van der Waals surface area contributed by atoms with Crippen molar-refractivity contribution >= 4 is 41.5 Å². The van der Waals surface area contributed by atoms with Crippen molar-refractivity contribution in [2.75, 3.05) is 26.7 Å². The topological polar surface area (TPSA) is 248 Å². The van der Waals surface area contributed by atoms with Crippen LogP contribution in [0.4, 0.5) is 0 Å². The summed E-state index contributed by atoms with van der Waals surface area (Å²) in [5.41, 5.74) is 10.8. The van der Waals surface area contributed by atoms with Crippen molar-refractivity contribution in [3.8, 4) is 0 Å². The Morgan fingerprint density at radius 3 is 2.02 bits per heavy atom. The summed E-state index contributed by atoms with van der Waals surface area (Å²) in [5.74, 6) is -5.39. The molecule has 0 bridgehead atoms. The van der Waals surface area contributed by atoms with Crippen LogP contribution >= 0.6 is 0 Å². The normalized spacial score (nSPS) is 24.6. The summed E-state index contributed by atoms with van der Waals surface area (Å²) in [6.45, 7) is 10.1. The highest BCUT2D eigenvalue weighted by Gasteiger charge is 2.38. The van der Waals surface area contributed by atoms with Gasteiger partial charge in [-0.15, -0.1) is 0 Å². The first-order valence-electron chi connectivity index (χ1n) is 19.9. The molecule has 0 unspecified atom stereocenters. The van der Waals surface area contributed by atoms with Gasteiger partial charge in [-0.3, -0.25) is 33.8 Å². The molecule has 5 amide bonds. The molecular formula is C38H70N8O8. The summed E-state index contributed by atoms with van der Waals surface area (Å²) in [4.78, 5) is 87.0. The Balaban J connectivity index is 3.54. The first-order valence-corrected chi connectivity index (χ1v) is 19.9. The second kappa shape index (κ2) is 26.0. The van der Waals surface area contributed by atoms with Crippen molar-refractivity contribution in [2.24, 2.45) is 34.2 Å². The number of esters is 1. The zero-order valence-corrected chi connectivity index (χ0v) is 33.8. The van der Waals surface area contributed by atoms with Gasteiger partial charge >= 0.3 is 5.97 Å². The predicted octanol–water partition coefficient (Wildman–Crippen LogP) is 1.61. The Labute approximate surface area is 322 Å². The fourth-order valence-electron chi connectivity index (χ4n) is 6.36. The molecule has 16 heteroatoms. The molecule has 7 atom stereocenters. The highest BCUT2D eigenvalue weighted by molar-refractivity contribution is 5.96. The number of likely N-dealkylation sites (N-methyl/N-ethyl adjacent to an activating group) is 1. The van der Waals surface area contributed by atoms with Crippen LogP contribution in [0.2, 0.25) is 0 Å². The SMILES string of the molecule is CCCCCCCCCC[C@@H]1OC(=O)CNC(=O)[C@H](CCCN=C(N)N)NC(=O)[C@H](CO)NC(=O)[C@H]([C@H](C)CC)NC(=O)[C@H](CC(C)C)N(C)C(=O)[C@@H]1C. The number of nitrogens with one attached hydrogen (secondary N) is 4. The molecule has 1 aliphatic heterocycles. The quantitative estimate of drug-likeness (QED) is 0.0460. The number of nitrogens with two attached hydrogens (primary N) is 2. The lowest BCUT2D eigenvalue weighted by molar-refractivity contribution is -0.157. The van der Waals surface area contributed by atoms with E-state index in [0.29, 0.717) is 19.3 Å². The maximum absolute atomic E-state index is 14.1. The average Bonchev–Trinajstić information content (AvgIpc) is 3.13. The molecule has 9 N–H and O–H groups in total. The molecule has 1 aliphatic rings. The van der Waals surface area contributed by atoms with Gasteiger partial charge in [0.15, 0.2) is 5.96 Å². The minimum absolute atomic E-state index is 0.00627. The van der Waals surface area contributed by atoms with E-state index in [9.17, 15) is 33.9 Å². The number of aliphatic hydroxyl groups excluding tert-OH is 1. The van der Waals surface area contributed by atoms with Crippen LogP contribution in [-0.4, -0.2) is 108 Å². The van der Waals surface area contributed by atoms with Gasteiger partial charge in [0, 0.05) is 13.6 Å². The highest BCUT2D eigenvalue weighted by atomic mass is 16.5. The van der Waals surface area contributed by atoms with Crippen LogP contribution in [0, 0.1) is 17.8 Å². The van der Waals surface area contributed by atoms with E-state index in [-0.39, 0.29) is 37.7 Å². The van der Waals surface area contributed by atoms with Gasteiger partial charge in [0.1, 0.15) is 36.8 Å². The Morgan fingerprint density at radius 1 is 0.833 bits per heavy atom. The Kier molecular flexibility index (Phi) is 23.1. The summed E-state index contributed by atoms with van der Waals surface area (Å²) in [5, 5.41) is 20.5. The Hall–Kier alpha value is -3.95. The molecule has 0 radical (unpaired) electrons. The van der Waals surface area contributed by atoms with Gasteiger partial charge in [-0.05, 0) is 43.9 Å². The number of amides is 5. The van der Waals surface area contributed by atoms with Crippen molar-refractivity contribution in [3.63, 3.8) is 0 Å². The number of carbonyl (C=O) groups excluding carboxylic acids is 6. The average molecular weight is 767 g/mol. The number of guanidine groups is 1. The molecule has 0 saturated carbocycles. The van der Waals surface area contributed by atoms with Gasteiger partial charge in [-0.2, -0.15) is 0 Å². The molecule has 16 nitrogen and oxygen atoms in total. The van der Waals surface area contributed by atoms with E-state index in [1.54, 1.807) is 13.8 Å². The largest absolute Gasteiger partial charge is 0.460 e. The monoisotopic (exact) mass is 767 g/mol. The molecule has 0 aromatic rings. The number of carbonyl (C=O) groups is 6. The minimum atomic E-state index is -1.48. The fourth-order valence-corrected chi connectivity index (χ4v) is 6.36. The smallest absolute Gasteiger partial charge is 0.325 e. The van der Waals surface area contributed by atoms with Gasteiger partial charge < -0.3 is 47.5 Å². The lowest BCUT2D eigenvalue weighted by atomic mass is 9.94. The van der Waals surface area contributed by atoms with Gasteiger partial charge in [0.25, 0.3) is 0 Å². The third-order valence-corrected chi connectivity index (χ3v) is 9.98. The second-order valence-corrected chi connectivity index (χ2v) is 15.0. The second-order valence-electron chi connectivity index (χ2n) is 15.0. The van der Waals surface area contributed by atoms with Gasteiger partial charge in [0.05, 0.1) is 12.5 Å². The third kappa shape index (κ3) is 17.5. The fraction of sp³-hybridized carbons (Fsp3) is 0.816. The number of unbranched alkanes of at least 4 members (excludes halogenated alkanes) is 7. The highest BCUT2D eigenvalue weighted by Crippen LogP contribution is 2.22. The number of aliphatic hydroxyl groups is 1. The molecule has 0 aromatic carbocycles. The van der Waals surface area contributed by atoms with Gasteiger partial charge in [0.2, 0.25) is 29.5 Å². The molecule has 0 spiro atoms. The zero-order chi connectivity index (χ0) is 40.8. The molecule has 0 aliphatic carbocycles. The molecule has 54 heavy (non-hydrogen) atoms. The van der Waals surface area contributed by atoms with Gasteiger partial charge in [-0.1, -0.05) is 92.9 Å². The maximum atomic E-state index is 14.1. The minimum Gasteiger partial charge on any atom is -0.460 e. The predicted molar refractivity (Wildman–Crippen MR) is 208 cm³/mol. The Morgan fingerprint density at radius 2 is 1.44 bits per heavy atom. The third-order valence-electron chi connectivity index (χ3n) is 9.98.